The lowest BCUT2D eigenvalue weighted by atomic mass is 10.1. The maximum Gasteiger partial charge on any atom is 0.133 e. The van der Waals surface area contributed by atoms with Crippen LogP contribution in [0.5, 0.6) is 11.5 Å². The third-order valence-electron chi connectivity index (χ3n) is 3.25. The van der Waals surface area contributed by atoms with Crippen LogP contribution in [0.15, 0.2) is 45.3 Å². The molecule has 2 nitrogen and oxygen atoms in total. The molecular formula is C16H17Br2NO. The number of benzene rings is 2. The van der Waals surface area contributed by atoms with Crippen LogP contribution < -0.4 is 10.1 Å². The summed E-state index contributed by atoms with van der Waals surface area (Å²) >= 11 is 6.99. The van der Waals surface area contributed by atoms with Crippen LogP contribution in [-0.4, -0.2) is 7.05 Å². The van der Waals surface area contributed by atoms with Crippen molar-refractivity contribution < 1.29 is 4.74 Å². The Morgan fingerprint density at radius 3 is 2.25 bits per heavy atom. The van der Waals surface area contributed by atoms with Gasteiger partial charge in [-0.05, 0) is 50.7 Å². The molecule has 106 valence electrons. The van der Waals surface area contributed by atoms with E-state index in [1.807, 2.05) is 44.3 Å². The van der Waals surface area contributed by atoms with Gasteiger partial charge in [-0.15, -0.1) is 0 Å². The quantitative estimate of drug-likeness (QED) is 0.724. The molecule has 2 rings (SSSR count). The highest BCUT2D eigenvalue weighted by Gasteiger charge is 2.12. The van der Waals surface area contributed by atoms with Crippen LogP contribution in [0.25, 0.3) is 0 Å². The van der Waals surface area contributed by atoms with Crippen molar-refractivity contribution in [1.29, 1.82) is 0 Å². The second-order valence-electron chi connectivity index (χ2n) is 4.70. The van der Waals surface area contributed by atoms with Gasteiger partial charge in [-0.25, -0.2) is 0 Å². The zero-order chi connectivity index (χ0) is 14.7. The van der Waals surface area contributed by atoms with Crippen molar-refractivity contribution in [3.05, 3.63) is 56.5 Å². The van der Waals surface area contributed by atoms with Gasteiger partial charge in [0.1, 0.15) is 11.5 Å². The van der Waals surface area contributed by atoms with Crippen molar-refractivity contribution >= 4 is 31.9 Å². The van der Waals surface area contributed by atoms with Crippen LogP contribution in [0.4, 0.5) is 0 Å². The molecule has 0 radical (unpaired) electrons. The smallest absolute Gasteiger partial charge is 0.133 e. The van der Waals surface area contributed by atoms with Gasteiger partial charge in [-0.3, -0.25) is 0 Å². The minimum absolute atomic E-state index is 0.227. The molecule has 0 aliphatic rings. The predicted molar refractivity (Wildman–Crippen MR) is 90.6 cm³/mol. The molecule has 4 heteroatoms. The third-order valence-corrected chi connectivity index (χ3v) is 4.23. The molecule has 2 aromatic carbocycles. The first-order valence-corrected chi connectivity index (χ1v) is 8.00. The molecule has 0 aliphatic carbocycles. The zero-order valence-electron chi connectivity index (χ0n) is 11.7. The van der Waals surface area contributed by atoms with E-state index < -0.39 is 0 Å². The van der Waals surface area contributed by atoms with Crippen molar-refractivity contribution in [2.24, 2.45) is 0 Å². The standard InChI is InChI=1S/C16H17Br2NO/c1-10-4-5-12(17)8-15(10)20-16-9-13(18)6-7-14(16)11(2)19-3/h4-9,11,19H,1-3H3. The first kappa shape index (κ1) is 15.5. The molecule has 0 spiro atoms. The Bertz CT molecular complexity index is 613. The Hall–Kier alpha value is -0.840. The third kappa shape index (κ3) is 3.62. The number of halogens is 2. The van der Waals surface area contributed by atoms with Gasteiger partial charge in [0.15, 0.2) is 0 Å². The van der Waals surface area contributed by atoms with Gasteiger partial charge >= 0.3 is 0 Å². The normalized spacial score (nSPS) is 12.2. The van der Waals surface area contributed by atoms with Gasteiger partial charge in [0.2, 0.25) is 0 Å². The number of hydrogen-bond donors (Lipinski definition) is 1. The summed E-state index contributed by atoms with van der Waals surface area (Å²) in [6, 6.07) is 12.4. The Kier molecular flexibility index (Phi) is 5.24. The SMILES string of the molecule is CNC(C)c1ccc(Br)cc1Oc1cc(Br)ccc1C. The van der Waals surface area contributed by atoms with Crippen molar-refractivity contribution in [1.82, 2.24) is 5.32 Å². The first-order valence-electron chi connectivity index (χ1n) is 6.42. The molecule has 1 N–H and O–H groups in total. The minimum atomic E-state index is 0.227. The van der Waals surface area contributed by atoms with Crippen LogP contribution >= 0.6 is 31.9 Å². The highest BCUT2D eigenvalue weighted by atomic mass is 79.9. The molecule has 0 fully saturated rings. The van der Waals surface area contributed by atoms with E-state index in [2.05, 4.69) is 50.2 Å². The number of nitrogens with one attached hydrogen (secondary N) is 1. The monoisotopic (exact) mass is 397 g/mol. The lowest BCUT2D eigenvalue weighted by Crippen LogP contribution is -2.13. The summed E-state index contributed by atoms with van der Waals surface area (Å²) in [4.78, 5) is 0. The maximum atomic E-state index is 6.12. The topological polar surface area (TPSA) is 21.3 Å². The second-order valence-corrected chi connectivity index (χ2v) is 6.54. The molecule has 0 bridgehead atoms. The summed E-state index contributed by atoms with van der Waals surface area (Å²) < 4.78 is 8.14. The van der Waals surface area contributed by atoms with E-state index >= 15 is 0 Å². The average Bonchev–Trinajstić information content (AvgIpc) is 2.42. The Morgan fingerprint density at radius 2 is 1.60 bits per heavy atom. The van der Waals surface area contributed by atoms with Crippen LogP contribution in [0.3, 0.4) is 0 Å². The zero-order valence-corrected chi connectivity index (χ0v) is 14.9. The molecule has 0 aromatic heterocycles. The lowest BCUT2D eigenvalue weighted by Gasteiger charge is -2.17. The molecule has 1 unspecified atom stereocenters. The van der Waals surface area contributed by atoms with Gasteiger partial charge < -0.3 is 10.1 Å². The Labute approximate surface area is 136 Å². The summed E-state index contributed by atoms with van der Waals surface area (Å²) in [5, 5.41) is 3.25. The largest absolute Gasteiger partial charge is 0.457 e. The van der Waals surface area contributed by atoms with E-state index in [1.54, 1.807) is 0 Å². The number of aryl methyl sites for hydroxylation is 1. The molecule has 0 heterocycles. The number of hydrogen-bond acceptors (Lipinski definition) is 2. The van der Waals surface area contributed by atoms with E-state index in [1.165, 1.54) is 0 Å². The van der Waals surface area contributed by atoms with Crippen LogP contribution in [0.2, 0.25) is 0 Å². The number of ether oxygens (including phenoxy) is 1. The van der Waals surface area contributed by atoms with Crippen LogP contribution in [0.1, 0.15) is 24.1 Å². The Balaban J connectivity index is 2.41. The molecule has 0 aliphatic heterocycles. The van der Waals surface area contributed by atoms with Crippen molar-refractivity contribution in [3.63, 3.8) is 0 Å². The van der Waals surface area contributed by atoms with Crippen LogP contribution in [0, 0.1) is 6.92 Å². The molecule has 0 amide bonds. The highest BCUT2D eigenvalue weighted by molar-refractivity contribution is 9.10. The van der Waals surface area contributed by atoms with E-state index in [4.69, 9.17) is 4.74 Å². The first-order chi connectivity index (χ1) is 9.51. The summed E-state index contributed by atoms with van der Waals surface area (Å²) in [6.07, 6.45) is 0. The minimum Gasteiger partial charge on any atom is -0.457 e. The Morgan fingerprint density at radius 1 is 1.00 bits per heavy atom. The van der Waals surface area contributed by atoms with Gasteiger partial charge in [0.25, 0.3) is 0 Å². The summed E-state index contributed by atoms with van der Waals surface area (Å²) in [6.45, 7) is 4.16. The molecule has 0 saturated heterocycles. The molecule has 2 aromatic rings. The highest BCUT2D eigenvalue weighted by Crippen LogP contribution is 2.34. The van der Waals surface area contributed by atoms with Crippen molar-refractivity contribution in [2.75, 3.05) is 7.05 Å². The van der Waals surface area contributed by atoms with Gasteiger partial charge in [-0.1, -0.05) is 44.0 Å². The number of rotatable bonds is 4. The van der Waals surface area contributed by atoms with E-state index in [0.29, 0.717) is 0 Å². The van der Waals surface area contributed by atoms with E-state index in [-0.39, 0.29) is 6.04 Å². The second kappa shape index (κ2) is 6.74. The van der Waals surface area contributed by atoms with Gasteiger partial charge in [-0.2, -0.15) is 0 Å². The fourth-order valence-electron chi connectivity index (χ4n) is 1.91. The van der Waals surface area contributed by atoms with Gasteiger partial charge in [0, 0.05) is 20.6 Å². The summed E-state index contributed by atoms with van der Waals surface area (Å²) in [5.74, 6) is 1.73. The molecule has 0 saturated carbocycles. The average molecular weight is 399 g/mol. The maximum absolute atomic E-state index is 6.12. The predicted octanol–water partition coefficient (Wildman–Crippen LogP) is 5.59. The molecule has 1 atom stereocenters. The fraction of sp³-hybridized carbons (Fsp3) is 0.250. The summed E-state index contributed by atoms with van der Waals surface area (Å²) in [7, 11) is 1.95. The van der Waals surface area contributed by atoms with E-state index in [0.717, 1.165) is 31.6 Å². The van der Waals surface area contributed by atoms with E-state index in [9.17, 15) is 0 Å². The van der Waals surface area contributed by atoms with Crippen molar-refractivity contribution in [3.8, 4) is 11.5 Å². The summed E-state index contributed by atoms with van der Waals surface area (Å²) in [5.41, 5.74) is 2.24. The molecule has 20 heavy (non-hydrogen) atoms. The molecular weight excluding hydrogens is 382 g/mol. The van der Waals surface area contributed by atoms with Gasteiger partial charge in [0.05, 0.1) is 0 Å². The van der Waals surface area contributed by atoms with Crippen molar-refractivity contribution in [2.45, 2.75) is 19.9 Å². The van der Waals surface area contributed by atoms with Crippen LogP contribution in [-0.2, 0) is 0 Å². The fourth-order valence-corrected chi connectivity index (χ4v) is 2.59. The lowest BCUT2D eigenvalue weighted by molar-refractivity contribution is 0.462.